The highest BCUT2D eigenvalue weighted by atomic mass is 16.2. The van der Waals surface area contributed by atoms with Gasteiger partial charge in [0.1, 0.15) is 23.0 Å². The van der Waals surface area contributed by atoms with Crippen LogP contribution in [0.4, 0.5) is 11.6 Å². The highest BCUT2D eigenvalue weighted by molar-refractivity contribution is 5.90. The Kier molecular flexibility index (Phi) is 3.59. The van der Waals surface area contributed by atoms with E-state index in [1.807, 2.05) is 38.7 Å². The Morgan fingerprint density at radius 1 is 1.47 bits per heavy atom. The van der Waals surface area contributed by atoms with Gasteiger partial charge in [-0.05, 0) is 27.7 Å². The summed E-state index contributed by atoms with van der Waals surface area (Å²) >= 11 is 0. The molecule has 1 aromatic rings. The summed E-state index contributed by atoms with van der Waals surface area (Å²) in [5, 5.41) is 6.07. The average molecular weight is 263 g/mol. The fourth-order valence-corrected chi connectivity index (χ4v) is 2.26. The third-order valence-corrected chi connectivity index (χ3v) is 3.31. The lowest BCUT2D eigenvalue weighted by atomic mass is 9.99. The van der Waals surface area contributed by atoms with E-state index in [9.17, 15) is 4.79 Å². The zero-order valence-corrected chi connectivity index (χ0v) is 11.9. The zero-order chi connectivity index (χ0) is 14.0. The predicted octanol–water partition coefficient (Wildman–Crippen LogP) is 0.932. The monoisotopic (exact) mass is 263 g/mol. The van der Waals surface area contributed by atoms with Gasteiger partial charge >= 0.3 is 0 Å². The largest absolute Gasteiger partial charge is 0.370 e. The number of hydrogen-bond acceptors (Lipinski definition) is 5. The maximum Gasteiger partial charge on any atom is 0.245 e. The van der Waals surface area contributed by atoms with Gasteiger partial charge in [-0.3, -0.25) is 4.79 Å². The molecule has 0 bridgehead atoms. The predicted molar refractivity (Wildman–Crippen MR) is 75.4 cm³/mol. The first kappa shape index (κ1) is 13.6. The fourth-order valence-electron chi connectivity index (χ4n) is 2.26. The van der Waals surface area contributed by atoms with Crippen LogP contribution in [-0.2, 0) is 4.79 Å². The third kappa shape index (κ3) is 2.62. The number of carbonyl (C=O) groups is 1. The van der Waals surface area contributed by atoms with Gasteiger partial charge in [-0.1, -0.05) is 0 Å². The van der Waals surface area contributed by atoms with Crippen LogP contribution in [0.25, 0.3) is 0 Å². The van der Waals surface area contributed by atoms with E-state index >= 15 is 0 Å². The molecule has 0 radical (unpaired) electrons. The number of nitrogens with one attached hydrogen (secondary N) is 2. The first-order valence-electron chi connectivity index (χ1n) is 6.60. The van der Waals surface area contributed by atoms with E-state index < -0.39 is 5.54 Å². The van der Waals surface area contributed by atoms with Gasteiger partial charge < -0.3 is 15.5 Å². The van der Waals surface area contributed by atoms with Crippen molar-refractivity contribution in [2.24, 2.45) is 0 Å². The first-order chi connectivity index (χ1) is 8.95. The SMILES string of the molecule is CCNc1cc(N2CCNC(=O)C2(C)C)nc(C)n1. The Morgan fingerprint density at radius 3 is 2.89 bits per heavy atom. The molecular formula is C13H21N5O. The second-order valence-electron chi connectivity index (χ2n) is 5.16. The molecule has 0 aromatic carbocycles. The topological polar surface area (TPSA) is 70.2 Å². The second kappa shape index (κ2) is 5.03. The van der Waals surface area contributed by atoms with Crippen LogP contribution in [0, 0.1) is 6.92 Å². The lowest BCUT2D eigenvalue weighted by Gasteiger charge is -2.42. The summed E-state index contributed by atoms with van der Waals surface area (Å²) in [7, 11) is 0. The van der Waals surface area contributed by atoms with Crippen LogP contribution < -0.4 is 15.5 Å². The van der Waals surface area contributed by atoms with E-state index in [1.165, 1.54) is 0 Å². The maximum atomic E-state index is 12.0. The molecule has 0 aliphatic carbocycles. The highest BCUT2D eigenvalue weighted by Gasteiger charge is 2.38. The highest BCUT2D eigenvalue weighted by Crippen LogP contribution is 2.26. The van der Waals surface area contributed by atoms with Gasteiger partial charge in [-0.25, -0.2) is 9.97 Å². The molecule has 1 aliphatic heterocycles. The number of piperazine rings is 1. The number of nitrogens with zero attached hydrogens (tertiary/aromatic N) is 3. The lowest BCUT2D eigenvalue weighted by Crippen LogP contribution is -2.62. The van der Waals surface area contributed by atoms with E-state index in [0.717, 1.165) is 24.7 Å². The molecule has 0 saturated carbocycles. The van der Waals surface area contributed by atoms with Crippen molar-refractivity contribution >= 4 is 17.5 Å². The van der Waals surface area contributed by atoms with Gasteiger partial charge in [0.15, 0.2) is 0 Å². The van der Waals surface area contributed by atoms with Crippen LogP contribution in [-0.4, -0.2) is 41.0 Å². The van der Waals surface area contributed by atoms with Crippen molar-refractivity contribution in [3.8, 4) is 0 Å². The Morgan fingerprint density at radius 2 is 2.21 bits per heavy atom. The number of hydrogen-bond donors (Lipinski definition) is 2. The van der Waals surface area contributed by atoms with Gasteiger partial charge in [0.05, 0.1) is 0 Å². The fraction of sp³-hybridized carbons (Fsp3) is 0.615. The average Bonchev–Trinajstić information content (AvgIpc) is 2.32. The van der Waals surface area contributed by atoms with Crippen molar-refractivity contribution in [3.05, 3.63) is 11.9 Å². The van der Waals surface area contributed by atoms with E-state index in [2.05, 4.69) is 20.6 Å². The Hall–Kier alpha value is -1.85. The van der Waals surface area contributed by atoms with E-state index in [4.69, 9.17) is 0 Å². The van der Waals surface area contributed by atoms with E-state index in [1.54, 1.807) is 0 Å². The van der Waals surface area contributed by atoms with Crippen LogP contribution in [0.3, 0.4) is 0 Å². The van der Waals surface area contributed by atoms with Crippen molar-refractivity contribution in [2.45, 2.75) is 33.2 Å². The summed E-state index contributed by atoms with van der Waals surface area (Å²) in [6.45, 7) is 9.90. The van der Waals surface area contributed by atoms with Crippen molar-refractivity contribution < 1.29 is 4.79 Å². The van der Waals surface area contributed by atoms with Gasteiger partial charge in [0.2, 0.25) is 5.91 Å². The molecule has 1 fully saturated rings. The van der Waals surface area contributed by atoms with E-state index in [0.29, 0.717) is 12.4 Å². The minimum atomic E-state index is -0.595. The number of carbonyl (C=O) groups excluding carboxylic acids is 1. The summed E-state index contributed by atoms with van der Waals surface area (Å²) in [6.07, 6.45) is 0. The van der Waals surface area contributed by atoms with Gasteiger partial charge in [-0.15, -0.1) is 0 Å². The molecule has 6 heteroatoms. The standard InChI is InChI=1S/C13H21N5O/c1-5-14-10-8-11(17-9(2)16-10)18-7-6-15-12(19)13(18,3)4/h8H,5-7H2,1-4H3,(H,15,19)(H,14,16,17). The second-order valence-corrected chi connectivity index (χ2v) is 5.16. The van der Waals surface area contributed by atoms with Gasteiger partial charge in [0, 0.05) is 25.7 Å². The summed E-state index contributed by atoms with van der Waals surface area (Å²) in [6, 6.07) is 1.90. The van der Waals surface area contributed by atoms with Crippen molar-refractivity contribution in [2.75, 3.05) is 29.9 Å². The molecule has 1 aliphatic rings. The number of amides is 1. The molecular weight excluding hydrogens is 242 g/mol. The number of aryl methyl sites for hydroxylation is 1. The molecule has 2 rings (SSSR count). The molecule has 0 atom stereocenters. The molecule has 104 valence electrons. The Labute approximate surface area is 113 Å². The molecule has 2 N–H and O–H groups in total. The van der Waals surface area contributed by atoms with Crippen LogP contribution in [0.2, 0.25) is 0 Å². The summed E-state index contributed by atoms with van der Waals surface area (Å²) in [5.74, 6) is 2.32. The molecule has 1 amide bonds. The summed E-state index contributed by atoms with van der Waals surface area (Å²) in [4.78, 5) is 22.8. The van der Waals surface area contributed by atoms with E-state index in [-0.39, 0.29) is 5.91 Å². The van der Waals surface area contributed by atoms with Crippen molar-refractivity contribution in [1.29, 1.82) is 0 Å². The minimum Gasteiger partial charge on any atom is -0.370 e. The number of anilines is 2. The Bertz CT molecular complexity index is 486. The molecule has 0 spiro atoms. The van der Waals surface area contributed by atoms with Crippen LogP contribution in [0.1, 0.15) is 26.6 Å². The quantitative estimate of drug-likeness (QED) is 0.849. The normalized spacial score (nSPS) is 18.1. The van der Waals surface area contributed by atoms with Crippen molar-refractivity contribution in [3.63, 3.8) is 0 Å². The number of rotatable bonds is 3. The zero-order valence-electron chi connectivity index (χ0n) is 11.9. The van der Waals surface area contributed by atoms with Crippen LogP contribution in [0.15, 0.2) is 6.07 Å². The number of aromatic nitrogens is 2. The summed E-state index contributed by atoms with van der Waals surface area (Å²) in [5.41, 5.74) is -0.595. The molecule has 0 unspecified atom stereocenters. The first-order valence-corrected chi connectivity index (χ1v) is 6.60. The molecule has 19 heavy (non-hydrogen) atoms. The van der Waals surface area contributed by atoms with Gasteiger partial charge in [0.25, 0.3) is 0 Å². The molecule has 1 saturated heterocycles. The van der Waals surface area contributed by atoms with Crippen LogP contribution in [0.5, 0.6) is 0 Å². The third-order valence-electron chi connectivity index (χ3n) is 3.31. The van der Waals surface area contributed by atoms with Gasteiger partial charge in [-0.2, -0.15) is 0 Å². The molecule has 1 aromatic heterocycles. The van der Waals surface area contributed by atoms with Crippen molar-refractivity contribution in [1.82, 2.24) is 15.3 Å². The molecule has 6 nitrogen and oxygen atoms in total. The molecule has 2 heterocycles. The van der Waals surface area contributed by atoms with Crippen LogP contribution >= 0.6 is 0 Å². The summed E-state index contributed by atoms with van der Waals surface area (Å²) < 4.78 is 0. The smallest absolute Gasteiger partial charge is 0.245 e. The minimum absolute atomic E-state index is 0.0278. The Balaban J connectivity index is 2.37. The lowest BCUT2D eigenvalue weighted by molar-refractivity contribution is -0.126. The maximum absolute atomic E-state index is 12.0.